The van der Waals surface area contributed by atoms with Crippen molar-refractivity contribution in [3.05, 3.63) is 47.0 Å². The first-order valence-corrected chi connectivity index (χ1v) is 5.94. The minimum atomic E-state index is 0.538. The summed E-state index contributed by atoms with van der Waals surface area (Å²) in [6.07, 6.45) is 0. The number of rotatable bonds is 3. The fraction of sp³-hybridized carbons (Fsp3) is 0.143. The van der Waals surface area contributed by atoms with Gasteiger partial charge in [0.15, 0.2) is 0 Å². The summed E-state index contributed by atoms with van der Waals surface area (Å²) in [4.78, 5) is 0. The molecule has 4 heteroatoms. The zero-order valence-electron chi connectivity index (χ0n) is 10.3. The van der Waals surface area contributed by atoms with Gasteiger partial charge < -0.3 is 15.8 Å². The molecule has 0 aliphatic rings. The molecule has 0 saturated carbocycles. The van der Waals surface area contributed by atoms with Crippen molar-refractivity contribution in [1.29, 1.82) is 0 Å². The standard InChI is InChI=1S/C14H15ClN2O/c1-9-7-12(16)14(15)13(8-9)17-10-3-5-11(18-2)6-4-10/h3-8,17H,16H2,1-2H3. The molecule has 0 atom stereocenters. The average molecular weight is 263 g/mol. The summed E-state index contributed by atoms with van der Waals surface area (Å²) >= 11 is 6.16. The molecule has 0 spiro atoms. The second-order valence-corrected chi connectivity index (χ2v) is 4.45. The van der Waals surface area contributed by atoms with Gasteiger partial charge in [-0.2, -0.15) is 0 Å². The molecular weight excluding hydrogens is 248 g/mol. The molecule has 2 rings (SSSR count). The summed E-state index contributed by atoms with van der Waals surface area (Å²) in [5, 5.41) is 3.78. The van der Waals surface area contributed by atoms with Gasteiger partial charge in [-0.05, 0) is 48.9 Å². The van der Waals surface area contributed by atoms with Crippen LogP contribution in [0.4, 0.5) is 17.1 Å². The number of hydrogen-bond acceptors (Lipinski definition) is 3. The third-order valence-electron chi connectivity index (χ3n) is 2.61. The molecule has 0 aliphatic heterocycles. The van der Waals surface area contributed by atoms with Crippen molar-refractivity contribution in [1.82, 2.24) is 0 Å². The Hall–Kier alpha value is -1.87. The van der Waals surface area contributed by atoms with Crippen LogP contribution in [-0.2, 0) is 0 Å². The normalized spacial score (nSPS) is 10.2. The van der Waals surface area contributed by atoms with Crippen LogP contribution in [0.15, 0.2) is 36.4 Å². The van der Waals surface area contributed by atoms with E-state index >= 15 is 0 Å². The number of halogens is 1. The van der Waals surface area contributed by atoms with Gasteiger partial charge in [0, 0.05) is 5.69 Å². The molecule has 0 radical (unpaired) electrons. The third-order valence-corrected chi connectivity index (χ3v) is 3.04. The van der Waals surface area contributed by atoms with E-state index in [-0.39, 0.29) is 0 Å². The lowest BCUT2D eigenvalue weighted by Gasteiger charge is -2.11. The summed E-state index contributed by atoms with van der Waals surface area (Å²) < 4.78 is 5.11. The Morgan fingerprint density at radius 2 is 1.83 bits per heavy atom. The fourth-order valence-corrected chi connectivity index (χ4v) is 1.87. The van der Waals surface area contributed by atoms with Crippen molar-refractivity contribution >= 4 is 28.7 Å². The average Bonchev–Trinajstić information content (AvgIpc) is 2.36. The molecule has 0 fully saturated rings. The molecule has 2 aromatic rings. The van der Waals surface area contributed by atoms with E-state index in [2.05, 4.69) is 5.32 Å². The lowest BCUT2D eigenvalue weighted by Crippen LogP contribution is -1.96. The van der Waals surface area contributed by atoms with Crippen LogP contribution < -0.4 is 15.8 Å². The quantitative estimate of drug-likeness (QED) is 0.823. The van der Waals surface area contributed by atoms with Crippen LogP contribution in [0.25, 0.3) is 0 Å². The maximum absolute atomic E-state index is 6.16. The van der Waals surface area contributed by atoms with Crippen LogP contribution in [-0.4, -0.2) is 7.11 Å². The van der Waals surface area contributed by atoms with Gasteiger partial charge >= 0.3 is 0 Å². The Labute approximate surface area is 112 Å². The Bertz CT molecular complexity index is 552. The highest BCUT2D eigenvalue weighted by atomic mass is 35.5. The molecule has 94 valence electrons. The smallest absolute Gasteiger partial charge is 0.119 e. The summed E-state index contributed by atoms with van der Waals surface area (Å²) in [5.41, 5.74) is 9.21. The topological polar surface area (TPSA) is 47.3 Å². The van der Waals surface area contributed by atoms with Crippen LogP contribution in [0, 0.1) is 6.92 Å². The molecule has 3 nitrogen and oxygen atoms in total. The highest BCUT2D eigenvalue weighted by Gasteiger charge is 2.05. The van der Waals surface area contributed by atoms with E-state index in [1.807, 2.05) is 43.3 Å². The number of nitrogens with two attached hydrogens (primary N) is 1. The van der Waals surface area contributed by atoms with E-state index in [1.165, 1.54) is 0 Å². The second kappa shape index (κ2) is 5.19. The lowest BCUT2D eigenvalue weighted by atomic mass is 10.2. The second-order valence-electron chi connectivity index (χ2n) is 4.07. The molecular formula is C14H15ClN2O. The Kier molecular flexibility index (Phi) is 3.63. The predicted molar refractivity (Wildman–Crippen MR) is 76.9 cm³/mol. The Morgan fingerprint density at radius 1 is 1.17 bits per heavy atom. The predicted octanol–water partition coefficient (Wildman–Crippen LogP) is 3.98. The molecule has 3 N–H and O–H groups in total. The monoisotopic (exact) mass is 262 g/mol. The van der Waals surface area contributed by atoms with Gasteiger partial charge in [-0.1, -0.05) is 11.6 Å². The van der Waals surface area contributed by atoms with Gasteiger partial charge in [-0.3, -0.25) is 0 Å². The van der Waals surface area contributed by atoms with E-state index in [4.69, 9.17) is 22.1 Å². The fourth-order valence-electron chi connectivity index (χ4n) is 1.72. The van der Waals surface area contributed by atoms with Crippen molar-refractivity contribution in [2.24, 2.45) is 0 Å². The van der Waals surface area contributed by atoms with E-state index in [1.54, 1.807) is 7.11 Å². The summed E-state index contributed by atoms with van der Waals surface area (Å²) in [7, 11) is 1.64. The highest BCUT2D eigenvalue weighted by molar-refractivity contribution is 6.35. The van der Waals surface area contributed by atoms with Crippen molar-refractivity contribution in [2.75, 3.05) is 18.2 Å². The van der Waals surface area contributed by atoms with Gasteiger partial charge in [-0.15, -0.1) is 0 Å². The molecule has 0 aromatic heterocycles. The van der Waals surface area contributed by atoms with Gasteiger partial charge in [-0.25, -0.2) is 0 Å². The molecule has 0 saturated heterocycles. The van der Waals surface area contributed by atoms with Gasteiger partial charge in [0.05, 0.1) is 23.5 Å². The minimum Gasteiger partial charge on any atom is -0.497 e. The number of hydrogen-bond donors (Lipinski definition) is 2. The van der Waals surface area contributed by atoms with Crippen LogP contribution in [0.2, 0.25) is 5.02 Å². The van der Waals surface area contributed by atoms with E-state index in [9.17, 15) is 0 Å². The first-order valence-electron chi connectivity index (χ1n) is 5.57. The summed E-state index contributed by atoms with van der Waals surface area (Å²) in [6, 6.07) is 11.4. The van der Waals surface area contributed by atoms with Crippen LogP contribution in [0.1, 0.15) is 5.56 Å². The van der Waals surface area contributed by atoms with Gasteiger partial charge in [0.1, 0.15) is 5.75 Å². The van der Waals surface area contributed by atoms with Crippen molar-refractivity contribution in [3.8, 4) is 5.75 Å². The maximum atomic E-state index is 6.16. The number of methoxy groups -OCH3 is 1. The summed E-state index contributed by atoms with van der Waals surface area (Å²) in [5.74, 6) is 0.815. The first-order chi connectivity index (χ1) is 8.60. The number of nitrogen functional groups attached to an aromatic ring is 1. The zero-order valence-corrected chi connectivity index (χ0v) is 11.1. The lowest BCUT2D eigenvalue weighted by molar-refractivity contribution is 0.415. The highest BCUT2D eigenvalue weighted by Crippen LogP contribution is 2.32. The SMILES string of the molecule is COc1ccc(Nc2cc(C)cc(N)c2Cl)cc1. The Balaban J connectivity index is 2.27. The molecule has 2 aromatic carbocycles. The maximum Gasteiger partial charge on any atom is 0.119 e. The minimum absolute atomic E-state index is 0.538. The number of anilines is 3. The van der Waals surface area contributed by atoms with Crippen molar-refractivity contribution in [3.63, 3.8) is 0 Å². The number of nitrogens with one attached hydrogen (secondary N) is 1. The van der Waals surface area contributed by atoms with Crippen molar-refractivity contribution < 1.29 is 4.74 Å². The molecule has 0 heterocycles. The molecule has 18 heavy (non-hydrogen) atoms. The van der Waals surface area contributed by atoms with Crippen LogP contribution in [0.3, 0.4) is 0 Å². The van der Waals surface area contributed by atoms with E-state index in [0.717, 1.165) is 22.7 Å². The molecule has 0 aliphatic carbocycles. The zero-order chi connectivity index (χ0) is 13.1. The molecule has 0 unspecified atom stereocenters. The van der Waals surface area contributed by atoms with Crippen LogP contribution >= 0.6 is 11.6 Å². The first kappa shape index (κ1) is 12.6. The van der Waals surface area contributed by atoms with Crippen molar-refractivity contribution in [2.45, 2.75) is 6.92 Å². The van der Waals surface area contributed by atoms with E-state index < -0.39 is 0 Å². The van der Waals surface area contributed by atoms with Gasteiger partial charge in [0.25, 0.3) is 0 Å². The van der Waals surface area contributed by atoms with Crippen LogP contribution in [0.5, 0.6) is 5.75 Å². The Morgan fingerprint density at radius 3 is 2.44 bits per heavy atom. The number of ether oxygens (including phenoxy) is 1. The molecule has 0 bridgehead atoms. The largest absolute Gasteiger partial charge is 0.497 e. The van der Waals surface area contributed by atoms with Gasteiger partial charge in [0.2, 0.25) is 0 Å². The summed E-state index contributed by atoms with van der Waals surface area (Å²) in [6.45, 7) is 1.98. The third kappa shape index (κ3) is 2.68. The molecule has 0 amide bonds. The number of benzene rings is 2. The van der Waals surface area contributed by atoms with E-state index in [0.29, 0.717) is 10.7 Å². The number of aryl methyl sites for hydroxylation is 1.